The Morgan fingerprint density at radius 2 is 2.00 bits per heavy atom. The number of benzene rings is 1. The lowest BCUT2D eigenvalue weighted by Gasteiger charge is -2.29. The van der Waals surface area contributed by atoms with Crippen molar-refractivity contribution in [3.63, 3.8) is 0 Å². The van der Waals surface area contributed by atoms with Crippen molar-refractivity contribution in [3.8, 4) is 0 Å². The molecule has 2 bridgehead atoms. The highest BCUT2D eigenvalue weighted by Crippen LogP contribution is 2.49. The van der Waals surface area contributed by atoms with Gasteiger partial charge in [-0.3, -0.25) is 14.5 Å². The molecule has 2 N–H and O–H groups in total. The second-order valence-corrected chi connectivity index (χ2v) is 8.31. The fraction of sp³-hybridized carbons (Fsp3) is 0.571. The number of amides is 4. The number of rotatable bonds is 6. The van der Waals surface area contributed by atoms with Crippen LogP contribution in [0.3, 0.4) is 0 Å². The summed E-state index contributed by atoms with van der Waals surface area (Å²) in [5.74, 6) is 1.49. The van der Waals surface area contributed by atoms with Gasteiger partial charge in [-0.1, -0.05) is 36.8 Å². The molecule has 1 heterocycles. The third-order valence-electron chi connectivity index (χ3n) is 6.52. The molecule has 1 saturated heterocycles. The van der Waals surface area contributed by atoms with E-state index in [0.717, 1.165) is 22.3 Å². The molecule has 6 heteroatoms. The van der Waals surface area contributed by atoms with Crippen LogP contribution < -0.4 is 10.6 Å². The van der Waals surface area contributed by atoms with E-state index in [0.29, 0.717) is 12.3 Å². The van der Waals surface area contributed by atoms with Gasteiger partial charge in [0.05, 0.1) is 0 Å². The minimum absolute atomic E-state index is 0.0914. The molecule has 0 aromatic heterocycles. The van der Waals surface area contributed by atoms with Gasteiger partial charge in [0, 0.05) is 12.5 Å². The van der Waals surface area contributed by atoms with E-state index in [2.05, 4.69) is 10.6 Å². The maximum atomic E-state index is 12.6. The predicted molar refractivity (Wildman–Crippen MR) is 101 cm³/mol. The number of nitrogens with zero attached hydrogens (tertiary/aromatic N) is 1. The fourth-order valence-corrected chi connectivity index (χ4v) is 5.17. The Bertz CT molecular complexity index is 735. The minimum Gasteiger partial charge on any atom is -0.352 e. The Kier molecular flexibility index (Phi) is 4.89. The summed E-state index contributed by atoms with van der Waals surface area (Å²) < 4.78 is 0. The molecule has 1 aromatic carbocycles. The van der Waals surface area contributed by atoms with Crippen LogP contribution in [0.15, 0.2) is 30.3 Å². The zero-order valence-corrected chi connectivity index (χ0v) is 15.7. The average molecular weight is 369 g/mol. The number of hydrogen-bond acceptors (Lipinski definition) is 3. The number of hydrogen-bond donors (Lipinski definition) is 2. The summed E-state index contributed by atoms with van der Waals surface area (Å²) in [6.45, 7) is 1.84. The topological polar surface area (TPSA) is 78.5 Å². The van der Waals surface area contributed by atoms with Crippen molar-refractivity contribution in [2.24, 2.45) is 17.8 Å². The van der Waals surface area contributed by atoms with Crippen LogP contribution in [0.5, 0.6) is 0 Å². The average Bonchev–Trinajstić information content (AvgIpc) is 3.34. The first-order valence-corrected chi connectivity index (χ1v) is 9.96. The lowest BCUT2D eigenvalue weighted by molar-refractivity contribution is -0.132. The predicted octanol–water partition coefficient (Wildman–Crippen LogP) is 2.09. The molecule has 1 aliphatic heterocycles. The number of imide groups is 1. The van der Waals surface area contributed by atoms with E-state index in [9.17, 15) is 14.4 Å². The second kappa shape index (κ2) is 7.33. The Morgan fingerprint density at radius 1 is 1.22 bits per heavy atom. The van der Waals surface area contributed by atoms with E-state index < -0.39 is 12.1 Å². The van der Waals surface area contributed by atoms with Gasteiger partial charge in [0.1, 0.15) is 12.6 Å². The van der Waals surface area contributed by atoms with E-state index in [1.165, 1.54) is 25.7 Å². The van der Waals surface area contributed by atoms with Crippen LogP contribution in [-0.4, -0.2) is 41.4 Å². The number of nitrogens with one attached hydrogen (secondary N) is 2. The number of fused-ring (bicyclic) bond motifs is 2. The van der Waals surface area contributed by atoms with Gasteiger partial charge < -0.3 is 10.6 Å². The largest absolute Gasteiger partial charge is 0.352 e. The molecule has 4 amide bonds. The second-order valence-electron chi connectivity index (χ2n) is 8.31. The third kappa shape index (κ3) is 3.70. The van der Waals surface area contributed by atoms with Crippen molar-refractivity contribution in [2.45, 2.75) is 51.1 Å². The van der Waals surface area contributed by atoms with Gasteiger partial charge in [0.15, 0.2) is 0 Å². The highest BCUT2D eigenvalue weighted by Gasteiger charge is 2.43. The standard InChI is InChI=1S/C21H27N3O3/c1-13(17-10-15-7-8-16(17)9-15)22-19(25)12-24-20(26)18(23-21(24)27)11-14-5-3-2-4-6-14/h2-6,13,15-18H,7-12H2,1H3,(H,22,25)(H,23,27)/t13-,15-,16-,17-,18-/m0/s1. The maximum Gasteiger partial charge on any atom is 0.325 e. The van der Waals surface area contributed by atoms with E-state index in [1.807, 2.05) is 37.3 Å². The Morgan fingerprint density at radius 3 is 2.67 bits per heavy atom. The van der Waals surface area contributed by atoms with Crippen LogP contribution in [-0.2, 0) is 16.0 Å². The molecule has 0 unspecified atom stereocenters. The van der Waals surface area contributed by atoms with Gasteiger partial charge in [-0.05, 0) is 49.5 Å². The molecule has 5 atom stereocenters. The smallest absolute Gasteiger partial charge is 0.325 e. The zero-order valence-electron chi connectivity index (χ0n) is 15.7. The van der Waals surface area contributed by atoms with E-state index in [4.69, 9.17) is 0 Å². The molecule has 3 fully saturated rings. The van der Waals surface area contributed by atoms with Gasteiger partial charge in [-0.2, -0.15) is 0 Å². The Labute approximate surface area is 159 Å². The Hall–Kier alpha value is -2.37. The minimum atomic E-state index is -0.601. The van der Waals surface area contributed by atoms with Gasteiger partial charge in [0.25, 0.3) is 5.91 Å². The molecular weight excluding hydrogens is 342 g/mol. The van der Waals surface area contributed by atoms with Crippen molar-refractivity contribution in [3.05, 3.63) is 35.9 Å². The number of carbonyl (C=O) groups excluding carboxylic acids is 3. The van der Waals surface area contributed by atoms with Crippen LogP contribution in [0.4, 0.5) is 4.79 Å². The summed E-state index contributed by atoms with van der Waals surface area (Å²) in [5, 5.41) is 5.72. The first kappa shape index (κ1) is 18.0. The lowest BCUT2D eigenvalue weighted by Crippen LogP contribution is -2.46. The molecule has 144 valence electrons. The summed E-state index contributed by atoms with van der Waals surface area (Å²) in [6, 6.07) is 8.56. The van der Waals surface area contributed by atoms with Crippen molar-refractivity contribution in [1.82, 2.24) is 15.5 Å². The first-order valence-electron chi connectivity index (χ1n) is 9.96. The van der Waals surface area contributed by atoms with Gasteiger partial charge >= 0.3 is 6.03 Å². The lowest BCUT2D eigenvalue weighted by atomic mass is 9.84. The molecule has 0 spiro atoms. The summed E-state index contributed by atoms with van der Waals surface area (Å²) in [4.78, 5) is 38.2. The van der Waals surface area contributed by atoms with Gasteiger partial charge in [-0.25, -0.2) is 4.79 Å². The highest BCUT2D eigenvalue weighted by atomic mass is 16.2. The van der Waals surface area contributed by atoms with Crippen LogP contribution >= 0.6 is 0 Å². The SMILES string of the molecule is C[C@H](NC(=O)CN1C(=O)N[C@@H](Cc2ccccc2)C1=O)[C@@H]1C[C@H]2CC[C@H]1C2. The zero-order chi connectivity index (χ0) is 19.0. The van der Waals surface area contributed by atoms with E-state index >= 15 is 0 Å². The third-order valence-corrected chi connectivity index (χ3v) is 6.52. The summed E-state index contributed by atoms with van der Waals surface area (Å²) >= 11 is 0. The molecule has 0 radical (unpaired) electrons. The van der Waals surface area contributed by atoms with Crippen LogP contribution in [0.2, 0.25) is 0 Å². The first-order chi connectivity index (χ1) is 13.0. The summed E-state index contributed by atoms with van der Waals surface area (Å²) in [5.41, 5.74) is 0.979. The molecule has 3 aliphatic rings. The monoisotopic (exact) mass is 369 g/mol. The molecule has 2 saturated carbocycles. The quantitative estimate of drug-likeness (QED) is 0.754. The molecule has 1 aromatic rings. The Balaban J connectivity index is 1.31. The van der Waals surface area contributed by atoms with Crippen molar-refractivity contribution < 1.29 is 14.4 Å². The fourth-order valence-electron chi connectivity index (χ4n) is 5.17. The molecule has 27 heavy (non-hydrogen) atoms. The van der Waals surface area contributed by atoms with Crippen molar-refractivity contribution >= 4 is 17.8 Å². The number of carbonyl (C=O) groups is 3. The number of urea groups is 1. The van der Waals surface area contributed by atoms with Crippen LogP contribution in [0.1, 0.15) is 38.2 Å². The van der Waals surface area contributed by atoms with Gasteiger partial charge in [0.2, 0.25) is 5.91 Å². The maximum absolute atomic E-state index is 12.6. The normalized spacial score (nSPS) is 30.5. The van der Waals surface area contributed by atoms with E-state index in [-0.39, 0.29) is 24.4 Å². The molecule has 2 aliphatic carbocycles. The van der Waals surface area contributed by atoms with Crippen molar-refractivity contribution in [2.75, 3.05) is 6.54 Å². The van der Waals surface area contributed by atoms with Gasteiger partial charge in [-0.15, -0.1) is 0 Å². The summed E-state index contributed by atoms with van der Waals surface area (Å²) in [6.07, 6.45) is 5.51. The van der Waals surface area contributed by atoms with Crippen LogP contribution in [0.25, 0.3) is 0 Å². The van der Waals surface area contributed by atoms with E-state index in [1.54, 1.807) is 0 Å². The molecule has 4 rings (SSSR count). The summed E-state index contributed by atoms with van der Waals surface area (Å²) in [7, 11) is 0. The highest BCUT2D eigenvalue weighted by molar-refractivity contribution is 6.06. The molecule has 6 nitrogen and oxygen atoms in total. The molecular formula is C21H27N3O3. The van der Waals surface area contributed by atoms with Crippen LogP contribution in [0, 0.1) is 17.8 Å². The van der Waals surface area contributed by atoms with Crippen molar-refractivity contribution in [1.29, 1.82) is 0 Å².